The van der Waals surface area contributed by atoms with E-state index < -0.39 is 22.6 Å². The molecule has 0 spiro atoms. The number of aliphatic hydroxyl groups excluding tert-OH is 1. The molecule has 0 radical (unpaired) electrons. The normalized spacial score (nSPS) is 17.8. The van der Waals surface area contributed by atoms with Crippen molar-refractivity contribution < 1.29 is 9.90 Å². The fraction of sp³-hybridized carbons (Fsp3) is 0.316. The predicted octanol–water partition coefficient (Wildman–Crippen LogP) is 2.63. The number of nitrogen functional groups attached to an aromatic ring is 1. The molecule has 0 saturated heterocycles. The quantitative estimate of drug-likeness (QED) is 0.641. The maximum Gasteiger partial charge on any atom is 0.327 e. The van der Waals surface area contributed by atoms with Gasteiger partial charge in [0.2, 0.25) is 0 Å². The third kappa shape index (κ3) is 3.68. The highest BCUT2D eigenvalue weighted by atomic mass is 35.5. The first-order chi connectivity index (χ1) is 12.6. The zero-order chi connectivity index (χ0) is 19.9. The molecule has 142 valence electrons. The van der Waals surface area contributed by atoms with Crippen LogP contribution in [-0.4, -0.2) is 20.9 Å². The molecule has 1 aliphatic carbocycles. The molecular formula is C19H20ClN3O4. The van der Waals surface area contributed by atoms with E-state index in [9.17, 15) is 19.5 Å². The molecule has 1 atom stereocenters. The lowest BCUT2D eigenvalue weighted by Gasteiger charge is -2.32. The van der Waals surface area contributed by atoms with Crippen LogP contribution in [-0.2, 0) is 4.79 Å². The highest BCUT2D eigenvalue weighted by molar-refractivity contribution is 6.30. The molecule has 1 aromatic carbocycles. The van der Waals surface area contributed by atoms with Gasteiger partial charge in [0.25, 0.3) is 5.56 Å². The van der Waals surface area contributed by atoms with Crippen molar-refractivity contribution in [2.24, 2.45) is 5.41 Å². The number of rotatable bonds is 3. The molecule has 2 aromatic rings. The third-order valence-corrected chi connectivity index (χ3v) is 4.94. The van der Waals surface area contributed by atoms with E-state index in [1.165, 1.54) is 0 Å². The van der Waals surface area contributed by atoms with Gasteiger partial charge in [-0.3, -0.25) is 19.6 Å². The smallest absolute Gasteiger partial charge is 0.327 e. The summed E-state index contributed by atoms with van der Waals surface area (Å²) in [6.45, 7) is 3.77. The zero-order valence-electron chi connectivity index (χ0n) is 14.9. The van der Waals surface area contributed by atoms with Crippen LogP contribution in [0.1, 0.15) is 43.7 Å². The number of aliphatic hydroxyl groups is 1. The second-order valence-corrected chi connectivity index (χ2v) is 7.96. The fourth-order valence-electron chi connectivity index (χ4n) is 3.56. The molecule has 1 aliphatic rings. The van der Waals surface area contributed by atoms with Crippen molar-refractivity contribution in [2.75, 3.05) is 5.73 Å². The standard InChI is InChI=1S/C19H20ClN3O4/c1-19(2)7-11(24)14(12(25)8-19)13(9-3-5-10(20)6-4-9)15-16(21)22-18(27)23-17(15)26/h3-6,13,24H,7-8H2,1-2H3,(H4,21,22,23,26,27). The SMILES string of the molecule is CC1(C)CC(=O)C(C(c2ccc(Cl)cc2)c2c(N)[nH]c(=O)[nH]c2=O)=C(O)C1. The second kappa shape index (κ2) is 6.74. The third-order valence-electron chi connectivity index (χ3n) is 4.69. The molecule has 0 fully saturated rings. The number of hydrogen-bond acceptors (Lipinski definition) is 5. The van der Waals surface area contributed by atoms with Crippen LogP contribution in [0.25, 0.3) is 0 Å². The van der Waals surface area contributed by atoms with Gasteiger partial charge >= 0.3 is 5.69 Å². The topological polar surface area (TPSA) is 129 Å². The van der Waals surface area contributed by atoms with Crippen LogP contribution in [0, 0.1) is 5.41 Å². The van der Waals surface area contributed by atoms with E-state index in [2.05, 4.69) is 9.97 Å². The maximum absolute atomic E-state index is 12.9. The van der Waals surface area contributed by atoms with Crippen molar-refractivity contribution in [2.45, 2.75) is 32.6 Å². The number of aromatic nitrogens is 2. The van der Waals surface area contributed by atoms with Gasteiger partial charge in [-0.05, 0) is 23.1 Å². The number of halogens is 1. The summed E-state index contributed by atoms with van der Waals surface area (Å²) in [5, 5.41) is 11.1. The number of carbonyl (C=O) groups is 1. The van der Waals surface area contributed by atoms with Crippen molar-refractivity contribution in [1.82, 2.24) is 9.97 Å². The number of Topliss-reactive ketones (excluding diaryl/α,β-unsaturated/α-hetero) is 1. The first-order valence-electron chi connectivity index (χ1n) is 8.42. The summed E-state index contributed by atoms with van der Waals surface area (Å²) in [6.07, 6.45) is 0.511. The van der Waals surface area contributed by atoms with Gasteiger partial charge in [0.15, 0.2) is 5.78 Å². The first-order valence-corrected chi connectivity index (χ1v) is 8.79. The molecule has 3 rings (SSSR count). The minimum atomic E-state index is -0.925. The van der Waals surface area contributed by atoms with Crippen molar-refractivity contribution in [3.63, 3.8) is 0 Å². The number of nitrogens with two attached hydrogens (primary N) is 1. The molecule has 7 nitrogen and oxygen atoms in total. The van der Waals surface area contributed by atoms with Gasteiger partial charge in [-0.1, -0.05) is 37.6 Å². The Morgan fingerprint density at radius 2 is 1.74 bits per heavy atom. The Labute approximate surface area is 159 Å². The molecule has 0 saturated carbocycles. The molecule has 0 amide bonds. The average molecular weight is 390 g/mol. The molecule has 27 heavy (non-hydrogen) atoms. The highest BCUT2D eigenvalue weighted by Gasteiger charge is 2.39. The average Bonchev–Trinajstić information content (AvgIpc) is 2.51. The van der Waals surface area contributed by atoms with Gasteiger partial charge in [-0.15, -0.1) is 0 Å². The molecule has 0 bridgehead atoms. The Balaban J connectivity index is 2.30. The van der Waals surface area contributed by atoms with Crippen LogP contribution >= 0.6 is 11.6 Å². The molecule has 8 heteroatoms. The van der Waals surface area contributed by atoms with Gasteiger partial charge in [0.1, 0.15) is 11.6 Å². The molecule has 0 aliphatic heterocycles. The number of allylic oxidation sites excluding steroid dienone is 2. The van der Waals surface area contributed by atoms with E-state index in [-0.39, 0.29) is 34.9 Å². The van der Waals surface area contributed by atoms with E-state index >= 15 is 0 Å². The Morgan fingerprint density at radius 3 is 2.30 bits per heavy atom. The van der Waals surface area contributed by atoms with E-state index in [4.69, 9.17) is 17.3 Å². The summed E-state index contributed by atoms with van der Waals surface area (Å²) < 4.78 is 0. The summed E-state index contributed by atoms with van der Waals surface area (Å²) in [6, 6.07) is 6.55. The van der Waals surface area contributed by atoms with E-state index in [0.717, 1.165) is 0 Å². The highest BCUT2D eigenvalue weighted by Crippen LogP contribution is 2.43. The first kappa shape index (κ1) is 19.0. The summed E-state index contributed by atoms with van der Waals surface area (Å²) in [4.78, 5) is 41.4. The number of carbonyl (C=O) groups excluding carboxylic acids is 1. The Morgan fingerprint density at radius 1 is 1.11 bits per heavy atom. The summed E-state index contributed by atoms with van der Waals surface area (Å²) in [5.74, 6) is -1.43. The van der Waals surface area contributed by atoms with Crippen LogP contribution in [0.4, 0.5) is 5.82 Å². The fourth-order valence-corrected chi connectivity index (χ4v) is 3.69. The lowest BCUT2D eigenvalue weighted by atomic mass is 9.71. The number of aromatic amines is 2. The van der Waals surface area contributed by atoms with Crippen molar-refractivity contribution in [3.05, 3.63) is 72.6 Å². The number of H-pyrrole nitrogens is 2. The zero-order valence-corrected chi connectivity index (χ0v) is 15.7. The lowest BCUT2D eigenvalue weighted by Crippen LogP contribution is -2.34. The Kier molecular flexibility index (Phi) is 4.73. The van der Waals surface area contributed by atoms with Crippen LogP contribution in [0.2, 0.25) is 5.02 Å². The molecule has 5 N–H and O–H groups in total. The summed E-state index contributed by atoms with van der Waals surface area (Å²) in [5.41, 5.74) is 4.75. The van der Waals surface area contributed by atoms with Crippen LogP contribution in [0.15, 0.2) is 45.2 Å². The molecular weight excluding hydrogens is 370 g/mol. The summed E-state index contributed by atoms with van der Waals surface area (Å²) in [7, 11) is 0. The monoisotopic (exact) mass is 389 g/mol. The van der Waals surface area contributed by atoms with Crippen LogP contribution in [0.3, 0.4) is 0 Å². The number of anilines is 1. The van der Waals surface area contributed by atoms with Gasteiger partial charge in [-0.2, -0.15) is 0 Å². The largest absolute Gasteiger partial charge is 0.512 e. The number of nitrogens with one attached hydrogen (secondary N) is 2. The minimum absolute atomic E-state index is 0.00604. The minimum Gasteiger partial charge on any atom is -0.512 e. The Hall–Kier alpha value is -2.80. The Bertz CT molecular complexity index is 1050. The van der Waals surface area contributed by atoms with Gasteiger partial charge in [0, 0.05) is 29.4 Å². The van der Waals surface area contributed by atoms with Crippen molar-refractivity contribution in [3.8, 4) is 0 Å². The summed E-state index contributed by atoms with van der Waals surface area (Å²) >= 11 is 5.96. The van der Waals surface area contributed by atoms with E-state index in [1.54, 1.807) is 24.3 Å². The van der Waals surface area contributed by atoms with Crippen LogP contribution in [0.5, 0.6) is 0 Å². The molecule has 1 heterocycles. The number of ketones is 1. The van der Waals surface area contributed by atoms with Gasteiger partial charge in [-0.25, -0.2) is 4.79 Å². The van der Waals surface area contributed by atoms with E-state index in [1.807, 2.05) is 13.8 Å². The van der Waals surface area contributed by atoms with Crippen molar-refractivity contribution >= 4 is 23.2 Å². The lowest BCUT2D eigenvalue weighted by molar-refractivity contribution is -0.118. The number of benzene rings is 1. The van der Waals surface area contributed by atoms with Gasteiger partial charge in [0.05, 0.1) is 5.56 Å². The predicted molar refractivity (Wildman–Crippen MR) is 103 cm³/mol. The molecule has 1 unspecified atom stereocenters. The van der Waals surface area contributed by atoms with Crippen molar-refractivity contribution in [1.29, 1.82) is 0 Å². The van der Waals surface area contributed by atoms with Gasteiger partial charge < -0.3 is 10.8 Å². The van der Waals surface area contributed by atoms with E-state index in [0.29, 0.717) is 17.0 Å². The maximum atomic E-state index is 12.9. The second-order valence-electron chi connectivity index (χ2n) is 7.52. The molecule has 1 aromatic heterocycles. The van der Waals surface area contributed by atoms with Crippen LogP contribution < -0.4 is 17.0 Å². The number of hydrogen-bond donors (Lipinski definition) is 4.